The molecule has 0 aromatic heterocycles. The third-order valence-corrected chi connectivity index (χ3v) is 2.90. The van der Waals surface area contributed by atoms with E-state index in [-0.39, 0.29) is 13.2 Å². The molecule has 162 valence electrons. The van der Waals surface area contributed by atoms with Gasteiger partial charge in [-0.15, -0.1) is 0 Å². The van der Waals surface area contributed by atoms with E-state index in [0.29, 0.717) is 79.3 Å². The van der Waals surface area contributed by atoms with Crippen molar-refractivity contribution in [2.75, 3.05) is 106 Å². The molecule has 0 amide bonds. The fraction of sp³-hybridized carbons (Fsp3) is 0.941. The Balaban J connectivity index is 3.00. The number of esters is 1. The molecular formula is C17H33FO9. The maximum absolute atomic E-state index is 11.7. The molecule has 0 saturated heterocycles. The highest BCUT2D eigenvalue weighted by atomic mass is 19.1. The van der Waals surface area contributed by atoms with E-state index in [2.05, 4.69) is 4.74 Å². The number of ether oxygens (including phenoxy) is 8. The van der Waals surface area contributed by atoms with Crippen molar-refractivity contribution >= 4 is 5.97 Å². The first-order valence-electron chi connectivity index (χ1n) is 8.98. The zero-order chi connectivity index (χ0) is 19.8. The number of rotatable bonds is 22. The van der Waals surface area contributed by atoms with E-state index in [0.717, 1.165) is 0 Å². The van der Waals surface area contributed by atoms with Gasteiger partial charge in [-0.2, -0.15) is 0 Å². The smallest absolute Gasteiger partial charge is 0.331 e. The third kappa shape index (κ3) is 23.1. The van der Waals surface area contributed by atoms with E-state index in [9.17, 15) is 9.18 Å². The lowest BCUT2D eigenvalue weighted by atomic mass is 10.6. The van der Waals surface area contributed by atoms with Gasteiger partial charge in [0.2, 0.25) is 0 Å². The third-order valence-electron chi connectivity index (χ3n) is 2.90. The molecular weight excluding hydrogens is 367 g/mol. The summed E-state index contributed by atoms with van der Waals surface area (Å²) in [6.45, 7) is 4.89. The van der Waals surface area contributed by atoms with Gasteiger partial charge < -0.3 is 37.9 Å². The van der Waals surface area contributed by atoms with Crippen LogP contribution < -0.4 is 0 Å². The van der Waals surface area contributed by atoms with Gasteiger partial charge >= 0.3 is 5.97 Å². The molecule has 9 nitrogen and oxygen atoms in total. The van der Waals surface area contributed by atoms with Gasteiger partial charge in [0.15, 0.2) is 0 Å². The van der Waals surface area contributed by atoms with E-state index in [4.69, 9.17) is 33.2 Å². The lowest BCUT2D eigenvalue weighted by molar-refractivity contribution is -0.146. The van der Waals surface area contributed by atoms with Crippen molar-refractivity contribution in [2.24, 2.45) is 0 Å². The minimum Gasteiger partial charge on any atom is -0.467 e. The van der Waals surface area contributed by atoms with Crippen LogP contribution in [-0.2, 0) is 42.7 Å². The van der Waals surface area contributed by atoms with E-state index in [1.807, 2.05) is 0 Å². The summed E-state index contributed by atoms with van der Waals surface area (Å²) in [6, 6.07) is 0. The van der Waals surface area contributed by atoms with Crippen LogP contribution >= 0.6 is 0 Å². The van der Waals surface area contributed by atoms with Gasteiger partial charge in [-0.1, -0.05) is 0 Å². The molecule has 0 saturated carbocycles. The summed E-state index contributed by atoms with van der Waals surface area (Å²) in [5.41, 5.74) is 0. The lowest BCUT2D eigenvalue weighted by Crippen LogP contribution is -2.15. The molecule has 0 bridgehead atoms. The average molecular weight is 400 g/mol. The fourth-order valence-corrected chi connectivity index (χ4v) is 1.59. The number of hydrogen-bond donors (Lipinski definition) is 0. The maximum atomic E-state index is 11.7. The van der Waals surface area contributed by atoms with E-state index < -0.39 is 12.6 Å². The van der Waals surface area contributed by atoms with Gasteiger partial charge in [-0.25, -0.2) is 9.18 Å². The fourth-order valence-electron chi connectivity index (χ4n) is 1.59. The molecule has 0 spiro atoms. The van der Waals surface area contributed by atoms with Crippen LogP contribution in [-0.4, -0.2) is 112 Å². The Bertz CT molecular complexity index is 308. The first-order valence-corrected chi connectivity index (χ1v) is 8.98. The Labute approximate surface area is 160 Å². The van der Waals surface area contributed by atoms with Gasteiger partial charge in [-0.3, -0.25) is 0 Å². The monoisotopic (exact) mass is 400 g/mol. The molecule has 0 aliphatic heterocycles. The summed E-state index contributed by atoms with van der Waals surface area (Å²) in [7, 11) is 1.31. The van der Waals surface area contributed by atoms with Gasteiger partial charge in [0.25, 0.3) is 0 Å². The number of methoxy groups -OCH3 is 1. The molecule has 0 atom stereocenters. The van der Waals surface area contributed by atoms with E-state index in [1.165, 1.54) is 7.11 Å². The van der Waals surface area contributed by atoms with Gasteiger partial charge in [-0.05, 0) is 0 Å². The number of alkyl halides is 1. The van der Waals surface area contributed by atoms with Gasteiger partial charge in [0.1, 0.15) is 13.3 Å². The zero-order valence-corrected chi connectivity index (χ0v) is 16.2. The number of carbonyl (C=O) groups excluding carboxylic acids is 1. The molecule has 0 aromatic rings. The van der Waals surface area contributed by atoms with E-state index in [1.54, 1.807) is 0 Å². The highest BCUT2D eigenvalue weighted by molar-refractivity contribution is 5.70. The molecule has 0 rings (SSSR count). The minimum absolute atomic E-state index is 0.0684. The van der Waals surface area contributed by atoms with Crippen molar-refractivity contribution in [2.45, 2.75) is 0 Å². The van der Waals surface area contributed by atoms with Crippen molar-refractivity contribution in [3.05, 3.63) is 0 Å². The molecule has 0 fully saturated rings. The first kappa shape index (κ1) is 26.1. The molecule has 0 aliphatic carbocycles. The van der Waals surface area contributed by atoms with Crippen LogP contribution in [0, 0.1) is 0 Å². The predicted octanol–water partition coefficient (Wildman–Crippen LogP) is 0.245. The van der Waals surface area contributed by atoms with Crippen LogP contribution in [0.1, 0.15) is 0 Å². The summed E-state index contributed by atoms with van der Waals surface area (Å²) in [4.78, 5) is 10.8. The molecule has 0 radical (unpaired) electrons. The normalized spacial score (nSPS) is 11.0. The lowest BCUT2D eigenvalue weighted by Gasteiger charge is -2.08. The predicted molar refractivity (Wildman–Crippen MR) is 93.7 cm³/mol. The second-order valence-electron chi connectivity index (χ2n) is 4.99. The maximum Gasteiger partial charge on any atom is 0.331 e. The summed E-state index contributed by atoms with van der Waals surface area (Å²) < 4.78 is 52.6. The molecule has 27 heavy (non-hydrogen) atoms. The van der Waals surface area contributed by atoms with Crippen molar-refractivity contribution in [1.82, 2.24) is 0 Å². The molecule has 0 heterocycles. The summed E-state index contributed by atoms with van der Waals surface area (Å²) >= 11 is 0. The average Bonchev–Trinajstić information content (AvgIpc) is 2.68. The van der Waals surface area contributed by atoms with Crippen LogP contribution in [0.5, 0.6) is 0 Å². The summed E-state index contributed by atoms with van der Waals surface area (Å²) in [5.74, 6) is -0.409. The number of halogens is 1. The molecule has 10 heteroatoms. The topological polar surface area (TPSA) is 90.9 Å². The van der Waals surface area contributed by atoms with E-state index >= 15 is 0 Å². The van der Waals surface area contributed by atoms with Gasteiger partial charge in [0.05, 0.1) is 93.0 Å². The van der Waals surface area contributed by atoms with Gasteiger partial charge in [0, 0.05) is 0 Å². The van der Waals surface area contributed by atoms with Crippen molar-refractivity contribution in [1.29, 1.82) is 0 Å². The Morgan fingerprint density at radius 3 is 1.15 bits per heavy atom. The Morgan fingerprint density at radius 1 is 0.556 bits per heavy atom. The summed E-state index contributed by atoms with van der Waals surface area (Å²) in [6.07, 6.45) is 0. The zero-order valence-electron chi connectivity index (χ0n) is 16.2. The van der Waals surface area contributed by atoms with Crippen LogP contribution in [0.3, 0.4) is 0 Å². The van der Waals surface area contributed by atoms with Crippen LogP contribution in [0.25, 0.3) is 0 Å². The highest BCUT2D eigenvalue weighted by Crippen LogP contribution is 1.85. The Hall–Kier alpha value is -0.880. The Morgan fingerprint density at radius 2 is 0.852 bits per heavy atom. The molecule has 0 aromatic carbocycles. The molecule has 0 N–H and O–H groups in total. The second-order valence-corrected chi connectivity index (χ2v) is 4.99. The number of hydrogen-bond acceptors (Lipinski definition) is 9. The minimum atomic E-state index is -0.475. The standard InChI is InChI=1S/C17H33FO9/c1-20-17(19)16-27-15-14-26-13-12-25-11-10-24-9-8-23-7-6-22-5-4-21-3-2-18/h2-16H2,1H3. The SMILES string of the molecule is COC(=O)COCCOCCOCCOCCOCCOCCOCCF. The highest BCUT2D eigenvalue weighted by Gasteiger charge is 1.99. The first-order chi connectivity index (χ1) is 13.3. The van der Waals surface area contributed by atoms with Crippen LogP contribution in [0.2, 0.25) is 0 Å². The Kier molecular flexibility index (Phi) is 22.4. The largest absolute Gasteiger partial charge is 0.467 e. The summed E-state index contributed by atoms with van der Waals surface area (Å²) in [5, 5.41) is 0. The number of carbonyl (C=O) groups is 1. The van der Waals surface area contributed by atoms with Crippen molar-refractivity contribution in [3.63, 3.8) is 0 Å². The second kappa shape index (κ2) is 23.2. The van der Waals surface area contributed by atoms with Crippen LogP contribution in [0.15, 0.2) is 0 Å². The van der Waals surface area contributed by atoms with Crippen molar-refractivity contribution < 1.29 is 47.1 Å². The van der Waals surface area contributed by atoms with Crippen molar-refractivity contribution in [3.8, 4) is 0 Å². The quantitative estimate of drug-likeness (QED) is 0.187. The molecule has 0 unspecified atom stereocenters. The molecule has 0 aliphatic rings. The van der Waals surface area contributed by atoms with Crippen LogP contribution in [0.4, 0.5) is 4.39 Å².